The third-order valence-electron chi connectivity index (χ3n) is 0.977. The normalized spacial score (nSPS) is 9.55. The first-order valence-corrected chi connectivity index (χ1v) is 3.37. The Hall–Kier alpha value is -0.810. The van der Waals surface area contributed by atoms with Crippen molar-refractivity contribution in [3.63, 3.8) is 0 Å². The Bertz CT molecular complexity index is 108. The van der Waals surface area contributed by atoms with Gasteiger partial charge in [-0.1, -0.05) is 0 Å². The lowest BCUT2D eigenvalue weighted by atomic mass is 10.6. The summed E-state index contributed by atoms with van der Waals surface area (Å²) in [6.45, 7) is 2.01. The molecule has 0 radical (unpaired) electrons. The molecule has 0 saturated heterocycles. The zero-order chi connectivity index (χ0) is 8.53. The number of nitrogens with two attached hydrogens (primary N) is 1. The second kappa shape index (κ2) is 7.30. The summed E-state index contributed by atoms with van der Waals surface area (Å²) in [4.78, 5) is 10.1. The summed E-state index contributed by atoms with van der Waals surface area (Å²) in [5.74, 6) is 0. The Labute approximate surface area is 65.8 Å². The number of ether oxygens (including phenoxy) is 2. The van der Waals surface area contributed by atoms with Crippen LogP contribution in [0.5, 0.6) is 0 Å². The topological polar surface area (TPSA) is 73.6 Å². The summed E-state index contributed by atoms with van der Waals surface area (Å²) >= 11 is 0. The van der Waals surface area contributed by atoms with Crippen molar-refractivity contribution in [1.82, 2.24) is 5.32 Å². The molecule has 5 nitrogen and oxygen atoms in total. The molecule has 0 fully saturated rings. The number of carbonyl (C=O) groups excluding carboxylic acids is 1. The quantitative estimate of drug-likeness (QED) is 0.508. The second-order valence-electron chi connectivity index (χ2n) is 1.90. The van der Waals surface area contributed by atoms with Crippen molar-refractivity contribution >= 4 is 6.03 Å². The molecule has 0 aliphatic carbocycles. The van der Waals surface area contributed by atoms with Crippen LogP contribution in [0.15, 0.2) is 0 Å². The number of urea groups is 1. The molecular weight excluding hydrogens is 148 g/mol. The van der Waals surface area contributed by atoms with E-state index in [1.165, 1.54) is 0 Å². The van der Waals surface area contributed by atoms with E-state index in [-0.39, 0.29) is 0 Å². The largest absolute Gasteiger partial charge is 0.382 e. The molecule has 0 saturated carbocycles. The van der Waals surface area contributed by atoms with Gasteiger partial charge in [0.25, 0.3) is 0 Å². The van der Waals surface area contributed by atoms with Gasteiger partial charge in [-0.15, -0.1) is 0 Å². The van der Waals surface area contributed by atoms with Gasteiger partial charge >= 0.3 is 6.03 Å². The van der Waals surface area contributed by atoms with Gasteiger partial charge in [0, 0.05) is 13.7 Å². The molecule has 3 N–H and O–H groups in total. The predicted molar refractivity (Wildman–Crippen MR) is 40.3 cm³/mol. The monoisotopic (exact) mass is 162 g/mol. The van der Waals surface area contributed by atoms with E-state index in [2.05, 4.69) is 5.32 Å². The van der Waals surface area contributed by atoms with Crippen molar-refractivity contribution < 1.29 is 14.3 Å². The molecule has 0 bridgehead atoms. The third kappa shape index (κ3) is 9.19. The zero-order valence-corrected chi connectivity index (χ0v) is 6.63. The summed E-state index contributed by atoms with van der Waals surface area (Å²) < 4.78 is 9.76. The molecular formula is C6H14N2O3. The van der Waals surface area contributed by atoms with Crippen LogP contribution < -0.4 is 11.1 Å². The molecule has 0 aromatic rings. The van der Waals surface area contributed by atoms with E-state index >= 15 is 0 Å². The summed E-state index contributed by atoms with van der Waals surface area (Å²) in [6.07, 6.45) is 0. The zero-order valence-electron chi connectivity index (χ0n) is 6.63. The van der Waals surface area contributed by atoms with Gasteiger partial charge < -0.3 is 20.5 Å². The highest BCUT2D eigenvalue weighted by Gasteiger charge is 1.90. The first-order chi connectivity index (χ1) is 5.27. The highest BCUT2D eigenvalue weighted by molar-refractivity contribution is 5.71. The molecule has 5 heteroatoms. The molecule has 0 heterocycles. The molecule has 2 amide bonds. The molecule has 0 aromatic carbocycles. The lowest BCUT2D eigenvalue weighted by Crippen LogP contribution is -2.32. The maximum atomic E-state index is 10.1. The van der Waals surface area contributed by atoms with Crippen LogP contribution in [0.4, 0.5) is 4.79 Å². The van der Waals surface area contributed by atoms with Crippen LogP contribution >= 0.6 is 0 Å². The van der Waals surface area contributed by atoms with Crippen LogP contribution in [0.25, 0.3) is 0 Å². The van der Waals surface area contributed by atoms with Crippen molar-refractivity contribution in [3.8, 4) is 0 Å². The fourth-order valence-corrected chi connectivity index (χ4v) is 0.491. The van der Waals surface area contributed by atoms with Gasteiger partial charge in [-0.05, 0) is 0 Å². The molecule has 0 aliphatic heterocycles. The first-order valence-electron chi connectivity index (χ1n) is 3.37. The van der Waals surface area contributed by atoms with Crippen molar-refractivity contribution in [2.45, 2.75) is 0 Å². The van der Waals surface area contributed by atoms with Gasteiger partial charge in [-0.2, -0.15) is 0 Å². The maximum Gasteiger partial charge on any atom is 0.312 e. The lowest BCUT2D eigenvalue weighted by molar-refractivity contribution is 0.0728. The standard InChI is InChI=1S/C6H14N2O3/c1-10-4-5-11-3-2-8-6(7)9/h2-5H2,1H3,(H3,7,8,9). The Morgan fingerprint density at radius 3 is 2.73 bits per heavy atom. The SMILES string of the molecule is COCCOCCNC(N)=O. The third-order valence-corrected chi connectivity index (χ3v) is 0.977. The fraction of sp³-hybridized carbons (Fsp3) is 0.833. The van der Waals surface area contributed by atoms with Crippen molar-refractivity contribution in [1.29, 1.82) is 0 Å². The van der Waals surface area contributed by atoms with Crippen LogP contribution in [0.1, 0.15) is 0 Å². The minimum Gasteiger partial charge on any atom is -0.382 e. The summed E-state index contributed by atoms with van der Waals surface area (Å²) in [7, 11) is 1.60. The van der Waals surface area contributed by atoms with E-state index in [0.717, 1.165) is 0 Å². The number of amides is 2. The molecule has 0 unspecified atom stereocenters. The van der Waals surface area contributed by atoms with E-state index in [4.69, 9.17) is 15.2 Å². The first kappa shape index (κ1) is 10.2. The van der Waals surface area contributed by atoms with Gasteiger partial charge in [0.2, 0.25) is 0 Å². The van der Waals surface area contributed by atoms with E-state index in [0.29, 0.717) is 26.4 Å². The summed E-state index contributed by atoms with van der Waals surface area (Å²) in [5, 5.41) is 2.40. The molecule has 0 spiro atoms. The molecule has 0 aromatic heterocycles. The minimum absolute atomic E-state index is 0.443. The van der Waals surface area contributed by atoms with Crippen molar-refractivity contribution in [3.05, 3.63) is 0 Å². The van der Waals surface area contributed by atoms with E-state index in [1.54, 1.807) is 7.11 Å². The minimum atomic E-state index is -0.527. The van der Waals surface area contributed by atoms with Crippen LogP contribution in [0, 0.1) is 0 Å². The van der Waals surface area contributed by atoms with Gasteiger partial charge in [-0.25, -0.2) is 4.79 Å². The molecule has 0 rings (SSSR count). The number of rotatable bonds is 6. The number of nitrogens with one attached hydrogen (secondary N) is 1. The van der Waals surface area contributed by atoms with E-state index in [9.17, 15) is 4.79 Å². The molecule has 0 aliphatic rings. The van der Waals surface area contributed by atoms with E-state index < -0.39 is 6.03 Å². The number of hydrogen-bond donors (Lipinski definition) is 2. The van der Waals surface area contributed by atoms with Crippen molar-refractivity contribution in [2.75, 3.05) is 33.5 Å². The van der Waals surface area contributed by atoms with Gasteiger partial charge in [-0.3, -0.25) is 0 Å². The average molecular weight is 162 g/mol. The van der Waals surface area contributed by atoms with Crippen LogP contribution in [0.2, 0.25) is 0 Å². The Balaban J connectivity index is 2.85. The highest BCUT2D eigenvalue weighted by atomic mass is 16.5. The predicted octanol–water partition coefficient (Wildman–Crippen LogP) is -0.682. The number of carbonyl (C=O) groups is 1. The summed E-state index contributed by atoms with van der Waals surface area (Å²) in [6, 6.07) is -0.527. The maximum absolute atomic E-state index is 10.1. The number of hydrogen-bond acceptors (Lipinski definition) is 3. The average Bonchev–Trinajstić information content (AvgIpc) is 1.96. The highest BCUT2D eigenvalue weighted by Crippen LogP contribution is 1.73. The summed E-state index contributed by atoms with van der Waals surface area (Å²) in [5.41, 5.74) is 4.80. The molecule has 0 atom stereocenters. The molecule has 11 heavy (non-hydrogen) atoms. The molecule has 66 valence electrons. The fourth-order valence-electron chi connectivity index (χ4n) is 0.491. The smallest absolute Gasteiger partial charge is 0.312 e. The Morgan fingerprint density at radius 2 is 2.18 bits per heavy atom. The van der Waals surface area contributed by atoms with Gasteiger partial charge in [0.1, 0.15) is 0 Å². The van der Waals surface area contributed by atoms with Crippen LogP contribution in [-0.4, -0.2) is 39.5 Å². The number of methoxy groups -OCH3 is 1. The van der Waals surface area contributed by atoms with Gasteiger partial charge in [0.05, 0.1) is 19.8 Å². The Kier molecular flexibility index (Phi) is 6.76. The van der Waals surface area contributed by atoms with E-state index in [1.807, 2.05) is 0 Å². The second-order valence-corrected chi connectivity index (χ2v) is 1.90. The van der Waals surface area contributed by atoms with Gasteiger partial charge in [0.15, 0.2) is 0 Å². The Morgan fingerprint density at radius 1 is 1.45 bits per heavy atom. The number of primary amides is 1. The van der Waals surface area contributed by atoms with Crippen LogP contribution in [-0.2, 0) is 9.47 Å². The van der Waals surface area contributed by atoms with Crippen LogP contribution in [0.3, 0.4) is 0 Å². The lowest BCUT2D eigenvalue weighted by Gasteiger charge is -2.02. The van der Waals surface area contributed by atoms with Crippen molar-refractivity contribution in [2.24, 2.45) is 5.73 Å².